The van der Waals surface area contributed by atoms with Gasteiger partial charge in [0, 0.05) is 7.85 Å². The van der Waals surface area contributed by atoms with Crippen LogP contribution in [0.2, 0.25) is 0 Å². The number of hydrogen-bond donors (Lipinski definition) is 0. The van der Waals surface area contributed by atoms with Gasteiger partial charge >= 0.3 is 0 Å². The summed E-state index contributed by atoms with van der Waals surface area (Å²) in [6.45, 7) is 2.32. The Hall–Kier alpha value is 2.19. The third-order valence-electron chi connectivity index (χ3n) is 4.20. The molecular weight excluding hydrogens is 597 g/mol. The van der Waals surface area contributed by atoms with Crippen LogP contribution in [0.15, 0.2) is 0 Å². The molecule has 0 fully saturated rings. The van der Waals surface area contributed by atoms with Gasteiger partial charge in [0.25, 0.3) is 0 Å². The second-order valence-corrected chi connectivity index (χ2v) is 10.5. The van der Waals surface area contributed by atoms with Crippen LogP contribution in [0.5, 0.6) is 0 Å². The van der Waals surface area contributed by atoms with Crippen molar-refractivity contribution in [3.8, 4) is 0 Å². The fraction of sp³-hybridized carbons (Fsp3) is 1.00. The molecule has 0 amide bonds. The second-order valence-electron chi connectivity index (χ2n) is 6.36. The lowest BCUT2D eigenvalue weighted by Crippen LogP contribution is -2.21. The molecule has 0 saturated carbocycles. The van der Waals surface area contributed by atoms with Gasteiger partial charge in [-0.15, -0.1) is 0 Å². The molecule has 1 atom stereocenters. The van der Waals surface area contributed by atoms with Crippen molar-refractivity contribution >= 4 is 67.8 Å². The molecule has 0 bridgehead atoms. The average molecular weight is 632 g/mol. The summed E-state index contributed by atoms with van der Waals surface area (Å²) in [7, 11) is 0. The summed E-state index contributed by atoms with van der Waals surface area (Å²) >= 11 is 7.79. The Balaban J connectivity index is 3.25. The highest BCUT2D eigenvalue weighted by atomic mass is 127. The van der Waals surface area contributed by atoms with E-state index in [0.717, 1.165) is 0 Å². The molecule has 0 rings (SSSR count). The first-order valence-corrected chi connectivity index (χ1v) is 13.1. The second kappa shape index (κ2) is 17.0. The van der Waals surface area contributed by atoms with Gasteiger partial charge < -0.3 is 0 Å². The quantitative estimate of drug-likeness (QED) is 0.0910. The van der Waals surface area contributed by atoms with E-state index in [1.165, 1.54) is 98.7 Å². The maximum absolute atomic E-state index is 2.72. The normalized spacial score (nSPS) is 14.3. The van der Waals surface area contributed by atoms with Crippen LogP contribution >= 0.6 is 67.8 Å². The smallest absolute Gasteiger partial charge is 0.0311 e. The Kier molecular flexibility index (Phi) is 18.8. The van der Waals surface area contributed by atoms with Crippen LogP contribution in [0.1, 0.15) is 96.8 Å². The van der Waals surface area contributed by atoms with Crippen molar-refractivity contribution in [3.63, 3.8) is 0 Å². The number of rotatable bonds is 16. The molecule has 0 aromatic rings. The fourth-order valence-corrected chi connectivity index (χ4v) is 5.06. The number of alkyl halides is 3. The zero-order valence-corrected chi connectivity index (χ0v) is 20.4. The lowest BCUT2D eigenvalue weighted by atomic mass is 9.97. The Morgan fingerprint density at radius 3 is 1.43 bits per heavy atom. The largest absolute Gasteiger partial charge is 0.0864 e. The standard InChI is InChI=1S/C18H35I3/c1-2-14-18(21,17-20)15-12-10-8-6-4-3-5-7-9-11-13-16-19/h2-17H2,1H3. The van der Waals surface area contributed by atoms with Crippen LogP contribution in [-0.2, 0) is 0 Å². The Morgan fingerprint density at radius 2 is 1.05 bits per heavy atom. The maximum atomic E-state index is 2.72. The van der Waals surface area contributed by atoms with Gasteiger partial charge in [-0.3, -0.25) is 0 Å². The molecule has 0 aromatic heterocycles. The summed E-state index contributed by atoms with van der Waals surface area (Å²) in [5.41, 5.74) is 0. The van der Waals surface area contributed by atoms with Gasteiger partial charge in [0.05, 0.1) is 0 Å². The van der Waals surface area contributed by atoms with E-state index < -0.39 is 0 Å². The fourth-order valence-electron chi connectivity index (χ4n) is 2.83. The van der Waals surface area contributed by atoms with Crippen LogP contribution in [0.4, 0.5) is 0 Å². The van der Waals surface area contributed by atoms with E-state index >= 15 is 0 Å². The summed E-state index contributed by atoms with van der Waals surface area (Å²) in [5, 5.41) is 0. The predicted molar refractivity (Wildman–Crippen MR) is 125 cm³/mol. The Labute approximate surface area is 175 Å². The van der Waals surface area contributed by atoms with E-state index in [1.54, 1.807) is 0 Å². The number of unbranched alkanes of at least 4 members (excludes halogenated alkanes) is 10. The SMILES string of the molecule is CCCC(I)(CI)CCCCCCCCCCCCCI. The first kappa shape index (κ1) is 23.2. The first-order valence-electron chi connectivity index (χ1n) is 8.99. The molecule has 128 valence electrons. The van der Waals surface area contributed by atoms with Crippen molar-refractivity contribution in [3.05, 3.63) is 0 Å². The molecule has 0 spiro atoms. The third kappa shape index (κ3) is 15.5. The monoisotopic (exact) mass is 632 g/mol. The zero-order valence-electron chi connectivity index (χ0n) is 13.9. The van der Waals surface area contributed by atoms with Crippen LogP contribution in [0, 0.1) is 0 Å². The van der Waals surface area contributed by atoms with Crippen molar-refractivity contribution in [2.75, 3.05) is 8.86 Å². The lowest BCUT2D eigenvalue weighted by Gasteiger charge is -2.24. The summed E-state index contributed by atoms with van der Waals surface area (Å²) in [6, 6.07) is 0. The maximum Gasteiger partial charge on any atom is 0.0311 e. The first-order chi connectivity index (χ1) is 10.2. The van der Waals surface area contributed by atoms with E-state index in [-0.39, 0.29) is 0 Å². The molecule has 21 heavy (non-hydrogen) atoms. The Bertz CT molecular complexity index is 209. The minimum Gasteiger partial charge on any atom is -0.0864 e. The molecular formula is C18H35I3. The van der Waals surface area contributed by atoms with Crippen LogP contribution in [-0.4, -0.2) is 12.3 Å². The van der Waals surface area contributed by atoms with Gasteiger partial charge in [0.1, 0.15) is 0 Å². The summed E-state index contributed by atoms with van der Waals surface area (Å²) in [5.74, 6) is 0. The highest BCUT2D eigenvalue weighted by Gasteiger charge is 2.22. The van der Waals surface area contributed by atoms with Crippen molar-refractivity contribution in [1.29, 1.82) is 0 Å². The highest BCUT2D eigenvalue weighted by molar-refractivity contribution is 14.1. The molecule has 0 saturated heterocycles. The van der Waals surface area contributed by atoms with Crippen LogP contribution < -0.4 is 0 Å². The molecule has 3 heteroatoms. The molecule has 0 aliphatic heterocycles. The van der Waals surface area contributed by atoms with E-state index in [4.69, 9.17) is 0 Å². The van der Waals surface area contributed by atoms with Gasteiger partial charge in [-0.05, 0) is 23.7 Å². The highest BCUT2D eigenvalue weighted by Crippen LogP contribution is 2.33. The van der Waals surface area contributed by atoms with Crippen molar-refractivity contribution in [2.45, 2.75) is 100 Å². The van der Waals surface area contributed by atoms with Crippen LogP contribution in [0.25, 0.3) is 0 Å². The van der Waals surface area contributed by atoms with E-state index in [0.29, 0.717) is 3.42 Å². The molecule has 0 nitrogen and oxygen atoms in total. The van der Waals surface area contributed by atoms with E-state index in [9.17, 15) is 0 Å². The van der Waals surface area contributed by atoms with Gasteiger partial charge in [0.2, 0.25) is 0 Å². The molecule has 0 aromatic carbocycles. The van der Waals surface area contributed by atoms with Gasteiger partial charge in [-0.25, -0.2) is 0 Å². The average Bonchev–Trinajstić information content (AvgIpc) is 2.48. The topological polar surface area (TPSA) is 0 Å². The summed E-state index contributed by atoms with van der Waals surface area (Å²) in [6.07, 6.45) is 20.3. The molecule has 0 radical (unpaired) electrons. The molecule has 0 aliphatic rings. The summed E-state index contributed by atoms with van der Waals surface area (Å²) < 4.78 is 3.24. The lowest BCUT2D eigenvalue weighted by molar-refractivity contribution is 0.507. The van der Waals surface area contributed by atoms with E-state index in [1.807, 2.05) is 0 Å². The minimum absolute atomic E-state index is 0.588. The molecule has 0 heterocycles. The van der Waals surface area contributed by atoms with Gasteiger partial charge in [0.15, 0.2) is 0 Å². The number of hydrogen-bond acceptors (Lipinski definition) is 0. The minimum atomic E-state index is 0.588. The Morgan fingerprint density at radius 1 is 0.619 bits per heavy atom. The zero-order chi connectivity index (χ0) is 15.8. The van der Waals surface area contributed by atoms with Crippen LogP contribution in [0.3, 0.4) is 0 Å². The van der Waals surface area contributed by atoms with Crippen molar-refractivity contribution < 1.29 is 0 Å². The van der Waals surface area contributed by atoms with E-state index in [2.05, 4.69) is 74.7 Å². The predicted octanol–water partition coefficient (Wildman–Crippen LogP) is 8.51. The van der Waals surface area contributed by atoms with Crippen molar-refractivity contribution in [2.24, 2.45) is 0 Å². The van der Waals surface area contributed by atoms with Gasteiger partial charge in [-0.1, -0.05) is 145 Å². The number of halogens is 3. The molecule has 0 aliphatic carbocycles. The molecule has 0 N–H and O–H groups in total. The van der Waals surface area contributed by atoms with Gasteiger partial charge in [-0.2, -0.15) is 0 Å². The van der Waals surface area contributed by atoms with Crippen molar-refractivity contribution in [1.82, 2.24) is 0 Å². The summed E-state index contributed by atoms with van der Waals surface area (Å²) in [4.78, 5) is 0. The molecule has 1 unspecified atom stereocenters. The third-order valence-corrected chi connectivity index (χ3v) is 9.34.